The Balaban J connectivity index is 1.93. The van der Waals surface area contributed by atoms with E-state index in [9.17, 15) is 8.42 Å². The van der Waals surface area contributed by atoms with Crippen LogP contribution in [0.3, 0.4) is 0 Å². The third-order valence-electron chi connectivity index (χ3n) is 3.21. The first-order valence-corrected chi connectivity index (χ1v) is 7.17. The molecule has 5 nitrogen and oxygen atoms in total. The van der Waals surface area contributed by atoms with E-state index in [-0.39, 0.29) is 4.90 Å². The van der Waals surface area contributed by atoms with Crippen molar-refractivity contribution in [1.82, 2.24) is 14.5 Å². The average Bonchev–Trinajstić information content (AvgIpc) is 2.92. The van der Waals surface area contributed by atoms with Crippen LogP contribution in [0.4, 0.5) is 0 Å². The predicted octanol–water partition coefficient (Wildman–Crippen LogP) is 1.16. The lowest BCUT2D eigenvalue weighted by molar-refractivity contribution is 0.391. The highest BCUT2D eigenvalue weighted by Gasteiger charge is 2.28. The van der Waals surface area contributed by atoms with Gasteiger partial charge in [-0.15, -0.1) is 0 Å². The van der Waals surface area contributed by atoms with Crippen LogP contribution in [0.5, 0.6) is 0 Å². The standard InChI is InChI=1S/C12H13N3O2S/c16-18(17,12-7-13-14-8-12)15-6-5-10-3-1-2-4-11(10)9-15/h1-4,7-8H,5-6,9H2,(H,13,14). The van der Waals surface area contributed by atoms with E-state index in [4.69, 9.17) is 0 Å². The second kappa shape index (κ2) is 4.22. The number of fused-ring (bicyclic) bond motifs is 1. The van der Waals surface area contributed by atoms with Gasteiger partial charge in [0.15, 0.2) is 0 Å². The van der Waals surface area contributed by atoms with Gasteiger partial charge < -0.3 is 0 Å². The Labute approximate surface area is 105 Å². The van der Waals surface area contributed by atoms with Gasteiger partial charge in [-0.3, -0.25) is 5.10 Å². The summed E-state index contributed by atoms with van der Waals surface area (Å²) in [7, 11) is -3.42. The normalized spacial score (nSPS) is 16.4. The van der Waals surface area contributed by atoms with Gasteiger partial charge in [-0.2, -0.15) is 9.40 Å². The molecule has 0 fully saturated rings. The van der Waals surface area contributed by atoms with E-state index in [1.807, 2.05) is 18.2 Å². The summed E-state index contributed by atoms with van der Waals surface area (Å²) >= 11 is 0. The highest BCUT2D eigenvalue weighted by Crippen LogP contribution is 2.24. The van der Waals surface area contributed by atoms with Crippen molar-refractivity contribution in [2.24, 2.45) is 0 Å². The molecule has 0 spiro atoms. The lowest BCUT2D eigenvalue weighted by atomic mass is 10.0. The Kier molecular flexibility index (Phi) is 2.68. The number of nitrogens with zero attached hydrogens (tertiary/aromatic N) is 2. The highest BCUT2D eigenvalue weighted by molar-refractivity contribution is 7.89. The molecule has 1 aromatic carbocycles. The Bertz CT molecular complexity index is 650. The van der Waals surface area contributed by atoms with Crippen molar-refractivity contribution in [2.45, 2.75) is 17.9 Å². The van der Waals surface area contributed by atoms with E-state index in [0.29, 0.717) is 13.1 Å². The molecule has 1 aromatic heterocycles. The summed E-state index contributed by atoms with van der Waals surface area (Å²) in [6, 6.07) is 7.95. The molecule has 18 heavy (non-hydrogen) atoms. The lowest BCUT2D eigenvalue weighted by Crippen LogP contribution is -2.35. The molecular formula is C12H13N3O2S. The number of rotatable bonds is 2. The fourth-order valence-corrected chi connectivity index (χ4v) is 3.53. The zero-order valence-corrected chi connectivity index (χ0v) is 10.5. The maximum Gasteiger partial charge on any atom is 0.246 e. The number of hydrogen-bond donors (Lipinski definition) is 1. The van der Waals surface area contributed by atoms with E-state index < -0.39 is 10.0 Å². The van der Waals surface area contributed by atoms with E-state index in [2.05, 4.69) is 16.3 Å². The quantitative estimate of drug-likeness (QED) is 0.884. The minimum atomic E-state index is -3.42. The topological polar surface area (TPSA) is 66.1 Å². The SMILES string of the molecule is O=S(=O)(c1cn[nH]c1)N1CCc2ccccc2C1. The largest absolute Gasteiger partial charge is 0.284 e. The number of nitrogens with one attached hydrogen (secondary N) is 1. The van der Waals surface area contributed by atoms with Crippen LogP contribution in [0.1, 0.15) is 11.1 Å². The lowest BCUT2D eigenvalue weighted by Gasteiger charge is -2.27. The summed E-state index contributed by atoms with van der Waals surface area (Å²) in [5.41, 5.74) is 2.31. The Morgan fingerprint density at radius 2 is 2.00 bits per heavy atom. The van der Waals surface area contributed by atoms with E-state index in [1.165, 1.54) is 22.3 Å². The Morgan fingerprint density at radius 1 is 1.22 bits per heavy atom. The van der Waals surface area contributed by atoms with Crippen LogP contribution < -0.4 is 0 Å². The molecule has 0 aliphatic carbocycles. The fourth-order valence-electron chi connectivity index (χ4n) is 2.20. The molecule has 1 aliphatic rings. The second-order valence-electron chi connectivity index (χ2n) is 4.29. The Morgan fingerprint density at radius 3 is 2.72 bits per heavy atom. The number of H-pyrrole nitrogens is 1. The number of benzene rings is 1. The molecular weight excluding hydrogens is 250 g/mol. The van der Waals surface area contributed by atoms with Crippen LogP contribution in [0.15, 0.2) is 41.6 Å². The van der Waals surface area contributed by atoms with Crippen molar-refractivity contribution in [1.29, 1.82) is 0 Å². The van der Waals surface area contributed by atoms with Gasteiger partial charge in [0.05, 0.1) is 6.20 Å². The highest BCUT2D eigenvalue weighted by atomic mass is 32.2. The summed E-state index contributed by atoms with van der Waals surface area (Å²) in [6.45, 7) is 0.953. The predicted molar refractivity (Wildman–Crippen MR) is 66.3 cm³/mol. The maximum atomic E-state index is 12.3. The van der Waals surface area contributed by atoms with Gasteiger partial charge in [-0.05, 0) is 17.5 Å². The van der Waals surface area contributed by atoms with Gasteiger partial charge in [0.25, 0.3) is 0 Å². The summed E-state index contributed by atoms with van der Waals surface area (Å²) < 4.78 is 26.1. The third-order valence-corrected chi connectivity index (χ3v) is 5.02. The molecule has 0 amide bonds. The van der Waals surface area contributed by atoms with E-state index >= 15 is 0 Å². The van der Waals surface area contributed by atoms with Gasteiger partial charge in [0, 0.05) is 19.3 Å². The summed E-state index contributed by atoms with van der Waals surface area (Å²) in [4.78, 5) is 0.224. The molecule has 1 N–H and O–H groups in total. The first-order valence-electron chi connectivity index (χ1n) is 5.73. The van der Waals surface area contributed by atoms with Gasteiger partial charge in [0.1, 0.15) is 4.90 Å². The molecule has 2 aromatic rings. The van der Waals surface area contributed by atoms with Crippen molar-refractivity contribution >= 4 is 10.0 Å². The molecule has 0 saturated carbocycles. The van der Waals surface area contributed by atoms with Crippen molar-refractivity contribution < 1.29 is 8.42 Å². The number of hydrogen-bond acceptors (Lipinski definition) is 3. The summed E-state index contributed by atoms with van der Waals surface area (Å²) in [6.07, 6.45) is 3.51. The zero-order chi connectivity index (χ0) is 12.6. The van der Waals surface area contributed by atoms with Crippen LogP contribution in [-0.2, 0) is 23.0 Å². The van der Waals surface area contributed by atoms with Crippen LogP contribution in [-0.4, -0.2) is 29.5 Å². The molecule has 6 heteroatoms. The molecule has 2 heterocycles. The minimum Gasteiger partial charge on any atom is -0.284 e. The molecule has 0 atom stereocenters. The van der Waals surface area contributed by atoms with Gasteiger partial charge >= 0.3 is 0 Å². The molecule has 0 saturated heterocycles. The van der Waals surface area contributed by atoms with Gasteiger partial charge in [-0.1, -0.05) is 24.3 Å². The number of sulfonamides is 1. The Hall–Kier alpha value is -1.66. The summed E-state index contributed by atoms with van der Waals surface area (Å²) in [5.74, 6) is 0. The van der Waals surface area contributed by atoms with Gasteiger partial charge in [-0.25, -0.2) is 8.42 Å². The van der Waals surface area contributed by atoms with Crippen molar-refractivity contribution in [2.75, 3.05) is 6.54 Å². The van der Waals surface area contributed by atoms with Crippen LogP contribution in [0.25, 0.3) is 0 Å². The monoisotopic (exact) mass is 263 g/mol. The molecule has 0 bridgehead atoms. The first-order chi connectivity index (χ1) is 8.68. The van der Waals surface area contributed by atoms with Crippen molar-refractivity contribution in [3.05, 3.63) is 47.8 Å². The minimum absolute atomic E-state index is 0.224. The molecule has 3 rings (SSSR count). The van der Waals surface area contributed by atoms with E-state index in [1.54, 1.807) is 0 Å². The third kappa shape index (κ3) is 1.83. The number of aromatic nitrogens is 2. The molecule has 0 radical (unpaired) electrons. The smallest absolute Gasteiger partial charge is 0.246 e. The van der Waals surface area contributed by atoms with Crippen molar-refractivity contribution in [3.8, 4) is 0 Å². The number of aromatic amines is 1. The van der Waals surface area contributed by atoms with Gasteiger partial charge in [0.2, 0.25) is 10.0 Å². The van der Waals surface area contributed by atoms with Crippen LogP contribution in [0.2, 0.25) is 0 Å². The fraction of sp³-hybridized carbons (Fsp3) is 0.250. The zero-order valence-electron chi connectivity index (χ0n) is 9.70. The maximum absolute atomic E-state index is 12.3. The van der Waals surface area contributed by atoms with E-state index in [0.717, 1.165) is 12.0 Å². The molecule has 94 valence electrons. The molecule has 0 unspecified atom stereocenters. The van der Waals surface area contributed by atoms with Crippen molar-refractivity contribution in [3.63, 3.8) is 0 Å². The average molecular weight is 263 g/mol. The molecule has 1 aliphatic heterocycles. The van der Waals surface area contributed by atoms with Crippen LogP contribution in [0, 0.1) is 0 Å². The van der Waals surface area contributed by atoms with Crippen LogP contribution >= 0.6 is 0 Å². The second-order valence-corrected chi connectivity index (χ2v) is 6.23. The summed E-state index contributed by atoms with van der Waals surface area (Å²) in [5, 5.41) is 6.24. The first kappa shape index (κ1) is 11.4.